The van der Waals surface area contributed by atoms with Crippen LogP contribution in [0, 0.1) is 0 Å². The number of phenols is 1. The molecule has 1 aliphatic rings. The Kier molecular flexibility index (Phi) is 3.76. The predicted octanol–water partition coefficient (Wildman–Crippen LogP) is 2.77. The molecule has 0 saturated heterocycles. The average molecular weight is 281 g/mol. The van der Waals surface area contributed by atoms with Gasteiger partial charge in [0.25, 0.3) is 0 Å². The molecular weight excluding hydrogens is 262 g/mol. The number of benzene rings is 2. The van der Waals surface area contributed by atoms with E-state index in [2.05, 4.69) is 0 Å². The monoisotopic (exact) mass is 281 g/mol. The minimum absolute atomic E-state index is 0.0527. The largest absolute Gasteiger partial charge is 0.507 e. The number of ketones is 1. The zero-order valence-electron chi connectivity index (χ0n) is 11.9. The van der Waals surface area contributed by atoms with Crippen LogP contribution in [0.3, 0.4) is 0 Å². The van der Waals surface area contributed by atoms with E-state index in [-0.39, 0.29) is 18.1 Å². The molecule has 3 N–H and O–H groups in total. The molecule has 2 aromatic carbocycles. The van der Waals surface area contributed by atoms with Crippen LogP contribution in [0.4, 0.5) is 0 Å². The van der Waals surface area contributed by atoms with Crippen LogP contribution < -0.4 is 5.73 Å². The molecule has 0 bridgehead atoms. The lowest BCUT2D eigenvalue weighted by Gasteiger charge is -2.13. The van der Waals surface area contributed by atoms with Gasteiger partial charge in [0, 0.05) is 18.5 Å². The zero-order chi connectivity index (χ0) is 14.8. The molecule has 0 spiro atoms. The van der Waals surface area contributed by atoms with Gasteiger partial charge in [-0.25, -0.2) is 0 Å². The Morgan fingerprint density at radius 3 is 2.67 bits per heavy atom. The maximum Gasteiger partial charge on any atom is 0.170 e. The number of aromatic hydroxyl groups is 1. The molecule has 0 amide bonds. The fraction of sp³-hybridized carbons (Fsp3) is 0.278. The summed E-state index contributed by atoms with van der Waals surface area (Å²) in [7, 11) is 0. The van der Waals surface area contributed by atoms with Crippen LogP contribution >= 0.6 is 0 Å². The van der Waals surface area contributed by atoms with E-state index in [4.69, 9.17) is 5.73 Å². The molecule has 0 radical (unpaired) electrons. The fourth-order valence-electron chi connectivity index (χ4n) is 3.13. The third kappa shape index (κ3) is 2.57. The molecule has 0 atom stereocenters. The molecule has 0 heterocycles. The number of hydrogen-bond acceptors (Lipinski definition) is 3. The summed E-state index contributed by atoms with van der Waals surface area (Å²) in [5.74, 6) is 0.0298. The molecule has 0 unspecified atom stereocenters. The van der Waals surface area contributed by atoms with Gasteiger partial charge in [-0.1, -0.05) is 30.3 Å². The predicted molar refractivity (Wildman–Crippen MR) is 82.5 cm³/mol. The Labute approximate surface area is 124 Å². The number of Topliss-reactive ketones (excluding diaryl/α,β-unsaturated/α-hetero) is 1. The third-order valence-corrected chi connectivity index (χ3v) is 4.20. The van der Waals surface area contributed by atoms with Crippen molar-refractivity contribution in [2.45, 2.75) is 32.2 Å². The van der Waals surface area contributed by atoms with Crippen molar-refractivity contribution in [1.82, 2.24) is 0 Å². The van der Waals surface area contributed by atoms with Crippen molar-refractivity contribution in [1.29, 1.82) is 0 Å². The standard InChI is InChI=1S/C18H19NO2/c19-11-16-14-8-4-7-13(14)10-15(18(16)21)17(20)9-12-5-2-1-3-6-12/h1-3,5-6,10,21H,4,7-9,11,19H2. The van der Waals surface area contributed by atoms with Gasteiger partial charge in [0.15, 0.2) is 5.78 Å². The summed E-state index contributed by atoms with van der Waals surface area (Å²) in [6.45, 7) is 0.278. The molecule has 2 aromatic rings. The summed E-state index contributed by atoms with van der Waals surface area (Å²) >= 11 is 0. The van der Waals surface area contributed by atoms with Gasteiger partial charge in [0.1, 0.15) is 5.75 Å². The highest BCUT2D eigenvalue weighted by atomic mass is 16.3. The van der Waals surface area contributed by atoms with Crippen LogP contribution in [-0.2, 0) is 25.8 Å². The molecule has 21 heavy (non-hydrogen) atoms. The molecule has 0 saturated carbocycles. The van der Waals surface area contributed by atoms with Crippen molar-refractivity contribution in [3.05, 3.63) is 64.2 Å². The van der Waals surface area contributed by atoms with E-state index in [1.165, 1.54) is 5.56 Å². The summed E-state index contributed by atoms with van der Waals surface area (Å²) in [5, 5.41) is 10.4. The van der Waals surface area contributed by atoms with E-state index in [9.17, 15) is 9.90 Å². The number of rotatable bonds is 4. The lowest BCUT2D eigenvalue weighted by molar-refractivity contribution is 0.0990. The van der Waals surface area contributed by atoms with E-state index in [0.717, 1.165) is 36.0 Å². The molecule has 3 rings (SSSR count). The van der Waals surface area contributed by atoms with Crippen LogP contribution in [0.25, 0.3) is 0 Å². The minimum Gasteiger partial charge on any atom is -0.507 e. The van der Waals surface area contributed by atoms with Crippen LogP contribution in [0.15, 0.2) is 36.4 Å². The van der Waals surface area contributed by atoms with Gasteiger partial charge >= 0.3 is 0 Å². The second kappa shape index (κ2) is 5.70. The van der Waals surface area contributed by atoms with Gasteiger partial charge < -0.3 is 10.8 Å². The van der Waals surface area contributed by atoms with Gasteiger partial charge in [-0.15, -0.1) is 0 Å². The number of aryl methyl sites for hydroxylation is 1. The number of hydrogen-bond donors (Lipinski definition) is 2. The summed E-state index contributed by atoms with van der Waals surface area (Å²) in [6, 6.07) is 11.5. The Morgan fingerprint density at radius 1 is 1.19 bits per heavy atom. The Morgan fingerprint density at radius 2 is 1.95 bits per heavy atom. The Bertz CT molecular complexity index is 677. The van der Waals surface area contributed by atoms with Crippen molar-refractivity contribution in [3.8, 4) is 5.75 Å². The molecular formula is C18H19NO2. The van der Waals surface area contributed by atoms with Gasteiger partial charge in [0.05, 0.1) is 5.56 Å². The van der Waals surface area contributed by atoms with Gasteiger partial charge in [-0.2, -0.15) is 0 Å². The molecule has 3 nitrogen and oxygen atoms in total. The second-order valence-corrected chi connectivity index (χ2v) is 5.53. The molecule has 0 fully saturated rings. The van der Waals surface area contributed by atoms with Crippen LogP contribution in [0.5, 0.6) is 5.75 Å². The molecule has 108 valence electrons. The first-order valence-corrected chi connectivity index (χ1v) is 7.34. The average Bonchev–Trinajstić information content (AvgIpc) is 2.95. The highest BCUT2D eigenvalue weighted by Crippen LogP contribution is 2.35. The number of phenolic OH excluding ortho intramolecular Hbond substituents is 1. The van der Waals surface area contributed by atoms with Gasteiger partial charge in [0.2, 0.25) is 0 Å². The van der Waals surface area contributed by atoms with Crippen molar-refractivity contribution in [3.63, 3.8) is 0 Å². The number of fused-ring (bicyclic) bond motifs is 1. The van der Waals surface area contributed by atoms with Crippen LogP contribution in [0.2, 0.25) is 0 Å². The quantitative estimate of drug-likeness (QED) is 0.847. The molecule has 3 heteroatoms. The Hall–Kier alpha value is -2.13. The number of nitrogens with two attached hydrogens (primary N) is 1. The first kappa shape index (κ1) is 13.8. The molecule has 0 aliphatic heterocycles. The lowest BCUT2D eigenvalue weighted by atomic mass is 9.94. The first-order valence-electron chi connectivity index (χ1n) is 7.34. The third-order valence-electron chi connectivity index (χ3n) is 4.20. The first-order chi connectivity index (χ1) is 10.2. The van der Waals surface area contributed by atoms with Crippen molar-refractivity contribution < 1.29 is 9.90 Å². The smallest absolute Gasteiger partial charge is 0.170 e. The van der Waals surface area contributed by atoms with Crippen LogP contribution in [-0.4, -0.2) is 10.9 Å². The second-order valence-electron chi connectivity index (χ2n) is 5.53. The van der Waals surface area contributed by atoms with E-state index >= 15 is 0 Å². The van der Waals surface area contributed by atoms with Crippen molar-refractivity contribution in [2.75, 3.05) is 0 Å². The summed E-state index contributed by atoms with van der Waals surface area (Å²) in [6.07, 6.45) is 3.28. The molecule has 0 aromatic heterocycles. The normalized spacial score (nSPS) is 13.2. The Balaban J connectivity index is 1.97. The topological polar surface area (TPSA) is 63.3 Å². The van der Waals surface area contributed by atoms with Crippen LogP contribution in [0.1, 0.15) is 39.0 Å². The number of carbonyl (C=O) groups excluding carboxylic acids is 1. The summed E-state index contributed by atoms with van der Waals surface area (Å²) in [4.78, 5) is 12.5. The van der Waals surface area contributed by atoms with Crippen molar-refractivity contribution in [2.24, 2.45) is 5.73 Å². The van der Waals surface area contributed by atoms with E-state index in [1.54, 1.807) is 0 Å². The zero-order valence-corrected chi connectivity index (χ0v) is 11.9. The summed E-state index contributed by atoms with van der Waals surface area (Å²) in [5.41, 5.74) is 10.2. The minimum atomic E-state index is -0.0527. The number of carbonyl (C=O) groups is 1. The van der Waals surface area contributed by atoms with Gasteiger partial charge in [-0.3, -0.25) is 4.79 Å². The van der Waals surface area contributed by atoms with Gasteiger partial charge in [-0.05, 0) is 42.0 Å². The van der Waals surface area contributed by atoms with E-state index in [1.807, 2.05) is 36.4 Å². The molecule has 1 aliphatic carbocycles. The highest BCUT2D eigenvalue weighted by Gasteiger charge is 2.23. The van der Waals surface area contributed by atoms with Crippen molar-refractivity contribution >= 4 is 5.78 Å². The fourth-order valence-corrected chi connectivity index (χ4v) is 3.13. The maximum atomic E-state index is 12.5. The summed E-state index contributed by atoms with van der Waals surface area (Å²) < 4.78 is 0. The maximum absolute atomic E-state index is 12.5. The SMILES string of the molecule is NCc1c(O)c(C(=O)Cc2ccccc2)cc2c1CCC2. The highest BCUT2D eigenvalue weighted by molar-refractivity contribution is 6.00. The van der Waals surface area contributed by atoms with E-state index in [0.29, 0.717) is 12.0 Å². The van der Waals surface area contributed by atoms with E-state index < -0.39 is 0 Å². The lowest BCUT2D eigenvalue weighted by Crippen LogP contribution is -2.09.